The molecule has 4 aromatic rings. The molecule has 2 aromatic heterocycles. The van der Waals surface area contributed by atoms with Gasteiger partial charge in [-0.3, -0.25) is 14.9 Å². The number of hydrogen-bond donors (Lipinski definition) is 1. The number of amides is 2. The van der Waals surface area contributed by atoms with Crippen molar-refractivity contribution in [2.24, 2.45) is 0 Å². The van der Waals surface area contributed by atoms with Gasteiger partial charge in [-0.25, -0.2) is 9.37 Å². The Hall–Kier alpha value is -3.52. The second-order valence-electron chi connectivity index (χ2n) is 7.56. The van der Waals surface area contributed by atoms with Crippen LogP contribution in [0.25, 0.3) is 22.0 Å². The van der Waals surface area contributed by atoms with E-state index in [-0.39, 0.29) is 16.7 Å². The van der Waals surface area contributed by atoms with Gasteiger partial charge in [0.05, 0.1) is 17.5 Å². The first-order valence-electron chi connectivity index (χ1n) is 10.1. The number of rotatable bonds is 6. The summed E-state index contributed by atoms with van der Waals surface area (Å²) in [5, 5.41) is 3.16. The number of nitrogens with one attached hydrogen (secondary N) is 1. The summed E-state index contributed by atoms with van der Waals surface area (Å²) < 4.78 is 19.5. The fourth-order valence-electron chi connectivity index (χ4n) is 4.13. The van der Waals surface area contributed by atoms with Crippen LogP contribution in [0.15, 0.2) is 71.9 Å². The molecule has 2 aromatic carbocycles. The van der Waals surface area contributed by atoms with Crippen LogP contribution < -0.4 is 5.32 Å². The molecule has 1 aliphatic rings. The first kappa shape index (κ1) is 20.4. The Balaban J connectivity index is 1.64. The summed E-state index contributed by atoms with van der Waals surface area (Å²) in [5.41, 5.74) is 1.90. The van der Waals surface area contributed by atoms with Crippen molar-refractivity contribution in [3.8, 4) is 0 Å². The monoisotopic (exact) mass is 492 g/mol. The van der Waals surface area contributed by atoms with Crippen LogP contribution >= 0.6 is 15.9 Å². The normalized spacial score (nSPS) is 13.9. The second-order valence-corrected chi connectivity index (χ2v) is 8.48. The summed E-state index contributed by atoms with van der Waals surface area (Å²) in [7, 11) is 0. The number of carbonyl (C=O) groups is 2. The highest BCUT2D eigenvalue weighted by molar-refractivity contribution is 9.10. The fourth-order valence-corrected chi connectivity index (χ4v) is 4.49. The molecule has 6 nitrogen and oxygen atoms in total. The Morgan fingerprint density at radius 1 is 1.00 bits per heavy atom. The summed E-state index contributed by atoms with van der Waals surface area (Å²) in [4.78, 5) is 29.6. The van der Waals surface area contributed by atoms with Gasteiger partial charge in [0.1, 0.15) is 5.82 Å². The maximum atomic E-state index is 14.6. The predicted molar refractivity (Wildman–Crippen MR) is 123 cm³/mol. The molecule has 8 heteroatoms. The smallest absolute Gasteiger partial charge is 0.259 e. The minimum Gasteiger partial charge on any atom is -0.347 e. The van der Waals surface area contributed by atoms with Gasteiger partial charge in [0, 0.05) is 58.2 Å². The van der Waals surface area contributed by atoms with Crippen molar-refractivity contribution in [1.82, 2.24) is 19.4 Å². The molecule has 0 spiro atoms. The number of nitrogens with zero attached hydrogens (tertiary/aromatic N) is 3. The molecule has 3 heterocycles. The lowest BCUT2D eigenvalue weighted by molar-refractivity contribution is -0.122. The SMILES string of the molecule is O=C1NC(=O)C(c2cn(CCCn3ccnc3)c3ccc(Br)cc23)=C1c1ccccc1F. The van der Waals surface area contributed by atoms with Gasteiger partial charge in [0.25, 0.3) is 11.8 Å². The van der Waals surface area contributed by atoms with E-state index in [4.69, 9.17) is 0 Å². The molecule has 0 saturated carbocycles. The molecule has 0 bridgehead atoms. The maximum Gasteiger partial charge on any atom is 0.259 e. The van der Waals surface area contributed by atoms with E-state index < -0.39 is 17.6 Å². The minimum atomic E-state index is -0.592. The Bertz CT molecular complexity index is 1390. The number of imide groups is 1. The van der Waals surface area contributed by atoms with Crippen molar-refractivity contribution in [2.45, 2.75) is 19.5 Å². The van der Waals surface area contributed by atoms with E-state index in [1.807, 2.05) is 35.2 Å². The molecule has 0 aliphatic carbocycles. The molecule has 0 atom stereocenters. The van der Waals surface area contributed by atoms with Crippen molar-refractivity contribution < 1.29 is 14.0 Å². The van der Waals surface area contributed by atoms with E-state index in [0.717, 1.165) is 28.3 Å². The molecule has 5 rings (SSSR count). The Labute approximate surface area is 191 Å². The summed E-state index contributed by atoms with van der Waals surface area (Å²) >= 11 is 3.50. The topological polar surface area (TPSA) is 68.9 Å². The highest BCUT2D eigenvalue weighted by atomic mass is 79.9. The Morgan fingerprint density at radius 3 is 2.53 bits per heavy atom. The second kappa shape index (κ2) is 8.20. The lowest BCUT2D eigenvalue weighted by Gasteiger charge is -2.06. The van der Waals surface area contributed by atoms with E-state index in [1.54, 1.807) is 24.7 Å². The van der Waals surface area contributed by atoms with Crippen molar-refractivity contribution >= 4 is 49.8 Å². The minimum absolute atomic E-state index is 0.0607. The maximum absolute atomic E-state index is 14.6. The summed E-state index contributed by atoms with van der Waals surface area (Å²) in [6, 6.07) is 11.8. The highest BCUT2D eigenvalue weighted by Crippen LogP contribution is 2.37. The number of aromatic nitrogens is 3. The Kier molecular flexibility index (Phi) is 5.22. The quantitative estimate of drug-likeness (QED) is 0.405. The molecule has 0 unspecified atom stereocenters. The van der Waals surface area contributed by atoms with Crippen LogP contribution in [0, 0.1) is 5.82 Å². The van der Waals surface area contributed by atoms with E-state index in [0.29, 0.717) is 12.1 Å². The van der Waals surface area contributed by atoms with Crippen LogP contribution in [0.1, 0.15) is 17.5 Å². The first-order chi connectivity index (χ1) is 15.5. The van der Waals surface area contributed by atoms with Crippen LogP contribution in [0.2, 0.25) is 0 Å². The van der Waals surface area contributed by atoms with E-state index in [2.05, 4.69) is 30.8 Å². The zero-order chi connectivity index (χ0) is 22.2. The van der Waals surface area contributed by atoms with Gasteiger partial charge < -0.3 is 9.13 Å². The van der Waals surface area contributed by atoms with Crippen LogP contribution in [0.4, 0.5) is 4.39 Å². The van der Waals surface area contributed by atoms with Gasteiger partial charge >= 0.3 is 0 Å². The number of aryl methyl sites for hydroxylation is 2. The van der Waals surface area contributed by atoms with E-state index >= 15 is 0 Å². The largest absolute Gasteiger partial charge is 0.347 e. The van der Waals surface area contributed by atoms with Gasteiger partial charge in [0.15, 0.2) is 0 Å². The van der Waals surface area contributed by atoms with E-state index in [9.17, 15) is 14.0 Å². The highest BCUT2D eigenvalue weighted by Gasteiger charge is 2.35. The lowest BCUT2D eigenvalue weighted by Crippen LogP contribution is -2.22. The zero-order valence-electron chi connectivity index (χ0n) is 16.9. The number of hydrogen-bond acceptors (Lipinski definition) is 3. The lowest BCUT2D eigenvalue weighted by atomic mass is 9.95. The zero-order valence-corrected chi connectivity index (χ0v) is 18.5. The summed E-state index contributed by atoms with van der Waals surface area (Å²) in [5.74, 6) is -1.66. The average molecular weight is 493 g/mol. The first-order valence-corrected chi connectivity index (χ1v) is 10.9. The standard InChI is InChI=1S/C24H18BrFN4O2/c25-15-6-7-20-17(12-15)18(13-30(20)10-3-9-29-11-8-27-14-29)22-21(23(31)28-24(22)32)16-4-1-2-5-19(16)26/h1-2,4-8,11-14H,3,9-10H2,(H,28,31,32). The average Bonchev–Trinajstić information content (AvgIpc) is 3.47. The van der Waals surface area contributed by atoms with E-state index in [1.165, 1.54) is 12.1 Å². The number of fused-ring (bicyclic) bond motifs is 1. The molecule has 32 heavy (non-hydrogen) atoms. The van der Waals surface area contributed by atoms with Crippen LogP contribution in [0.3, 0.4) is 0 Å². The number of benzene rings is 2. The third kappa shape index (κ3) is 3.56. The number of carbonyl (C=O) groups excluding carboxylic acids is 2. The Morgan fingerprint density at radius 2 is 1.78 bits per heavy atom. The molecule has 0 saturated heterocycles. The van der Waals surface area contributed by atoms with Gasteiger partial charge in [-0.1, -0.05) is 34.1 Å². The third-order valence-electron chi connectivity index (χ3n) is 5.56. The van der Waals surface area contributed by atoms with Crippen molar-refractivity contribution in [2.75, 3.05) is 0 Å². The van der Waals surface area contributed by atoms with Crippen molar-refractivity contribution in [3.05, 3.63) is 88.8 Å². The van der Waals surface area contributed by atoms with Gasteiger partial charge in [-0.15, -0.1) is 0 Å². The molecule has 2 amide bonds. The molecule has 0 fully saturated rings. The number of halogens is 2. The van der Waals surface area contributed by atoms with Crippen molar-refractivity contribution in [3.63, 3.8) is 0 Å². The predicted octanol–water partition coefficient (Wildman–Crippen LogP) is 4.40. The number of imidazole rings is 1. The van der Waals surface area contributed by atoms with Crippen LogP contribution in [0.5, 0.6) is 0 Å². The molecule has 160 valence electrons. The molecule has 0 radical (unpaired) electrons. The van der Waals surface area contributed by atoms with Crippen LogP contribution in [-0.2, 0) is 22.7 Å². The van der Waals surface area contributed by atoms with Gasteiger partial charge in [0.2, 0.25) is 0 Å². The van der Waals surface area contributed by atoms with Crippen molar-refractivity contribution in [1.29, 1.82) is 0 Å². The molecule has 1 aliphatic heterocycles. The fraction of sp³-hybridized carbons (Fsp3) is 0.125. The van der Waals surface area contributed by atoms with Gasteiger partial charge in [-0.2, -0.15) is 0 Å². The molecule has 1 N–H and O–H groups in total. The van der Waals surface area contributed by atoms with Gasteiger partial charge in [-0.05, 0) is 30.7 Å². The third-order valence-corrected chi connectivity index (χ3v) is 6.05. The van der Waals surface area contributed by atoms with Crippen LogP contribution in [-0.4, -0.2) is 25.9 Å². The molecular weight excluding hydrogens is 475 g/mol. The molecular formula is C24H18BrFN4O2. The summed E-state index contributed by atoms with van der Waals surface area (Å²) in [6.45, 7) is 1.50. The summed E-state index contributed by atoms with van der Waals surface area (Å²) in [6.07, 6.45) is 8.15.